The summed E-state index contributed by atoms with van der Waals surface area (Å²) in [5, 5.41) is 9.62. The van der Waals surface area contributed by atoms with Crippen molar-refractivity contribution in [1.29, 1.82) is 0 Å². The minimum atomic E-state index is -0.882. The van der Waals surface area contributed by atoms with E-state index in [2.05, 4.69) is 74.6 Å². The summed E-state index contributed by atoms with van der Waals surface area (Å²) >= 11 is 0. The number of aliphatic carboxylic acids is 1. The number of carboxylic acids is 1. The second-order valence-corrected chi connectivity index (χ2v) is 16.3. The molecule has 57 heavy (non-hydrogen) atoms. The van der Waals surface area contributed by atoms with Crippen LogP contribution in [0.4, 0.5) is 0 Å². The molecule has 0 rings (SSSR count). The van der Waals surface area contributed by atoms with Gasteiger partial charge in [-0.1, -0.05) is 152 Å². The second-order valence-electron chi connectivity index (χ2n) is 16.3. The molecule has 0 fully saturated rings. The Kier molecular flexibility index (Phi) is 37.8. The Balaban J connectivity index is 4.30. The Hall–Kier alpha value is -2.97. The highest BCUT2D eigenvalue weighted by Gasteiger charge is 2.31. The van der Waals surface area contributed by atoms with Gasteiger partial charge in [-0.3, -0.25) is 9.59 Å². The van der Waals surface area contributed by atoms with Gasteiger partial charge in [-0.05, 0) is 70.6 Å². The topological polar surface area (TPSA) is 99.1 Å². The fourth-order valence-corrected chi connectivity index (χ4v) is 6.31. The fourth-order valence-electron chi connectivity index (χ4n) is 6.31. The number of hydrogen-bond donors (Lipinski definition) is 1. The highest BCUT2D eigenvalue weighted by Crippen LogP contribution is 2.14. The monoisotopic (exact) mass is 801 g/mol. The molecule has 0 heterocycles. The smallest absolute Gasteiger partial charge is 0.362 e. The number of carboxylic acid groups (broad SMARTS) is 1. The standard InChI is InChI=1S/C49H85NO7/c1-6-8-10-12-14-16-18-19-20-21-22-23-24-25-26-27-28-30-32-34-36-38-40-48(52)57-45(43-55-42-41-46(49(53)54)50(3,4)5)44-56-47(51)39-37-35-33-31-29-17-15-13-11-9-7-2/h13-17,19-20,22-23,29,45-46H,6-12,18,21,24-28,30-44H2,1-5H3/p+1/b15-13+,16-14+,20-19+,23-22+,29-17+. The van der Waals surface area contributed by atoms with E-state index in [-0.39, 0.29) is 36.2 Å². The summed E-state index contributed by atoms with van der Waals surface area (Å²) in [6.07, 6.45) is 48.4. The average Bonchev–Trinajstić information content (AvgIpc) is 3.17. The van der Waals surface area contributed by atoms with Gasteiger partial charge in [0.15, 0.2) is 12.1 Å². The van der Waals surface area contributed by atoms with Gasteiger partial charge in [0.2, 0.25) is 0 Å². The van der Waals surface area contributed by atoms with E-state index in [0.29, 0.717) is 19.3 Å². The normalized spacial score (nSPS) is 13.5. The molecule has 328 valence electrons. The zero-order chi connectivity index (χ0) is 42.1. The molecule has 8 heteroatoms. The third-order valence-corrected chi connectivity index (χ3v) is 9.92. The van der Waals surface area contributed by atoms with Crippen LogP contribution in [0.3, 0.4) is 0 Å². The maximum Gasteiger partial charge on any atom is 0.362 e. The summed E-state index contributed by atoms with van der Waals surface area (Å²) in [5.41, 5.74) is 0. The molecule has 0 saturated heterocycles. The number of rotatable bonds is 40. The van der Waals surface area contributed by atoms with Crippen molar-refractivity contribution in [1.82, 2.24) is 0 Å². The molecule has 0 radical (unpaired) electrons. The van der Waals surface area contributed by atoms with Gasteiger partial charge in [-0.15, -0.1) is 0 Å². The molecule has 0 amide bonds. The Labute approximate surface area is 349 Å². The Morgan fingerprint density at radius 1 is 0.544 bits per heavy atom. The number of unbranched alkanes of at least 4 members (excludes halogenated alkanes) is 17. The van der Waals surface area contributed by atoms with Crippen LogP contribution >= 0.6 is 0 Å². The molecule has 0 aliphatic heterocycles. The predicted octanol–water partition coefficient (Wildman–Crippen LogP) is 12.6. The predicted molar refractivity (Wildman–Crippen MR) is 238 cm³/mol. The SMILES string of the molecule is CCCC/C=C/C=C/CCCCCC(=O)OCC(COCCC(C(=O)O)[N+](C)(C)C)OC(=O)CCCCCCCCCCC/C=C/C/C=C/C/C=C/CCCCC. The zero-order valence-electron chi connectivity index (χ0n) is 37.3. The van der Waals surface area contributed by atoms with Crippen LogP contribution in [0.25, 0.3) is 0 Å². The summed E-state index contributed by atoms with van der Waals surface area (Å²) in [6, 6.07) is -0.621. The van der Waals surface area contributed by atoms with Gasteiger partial charge < -0.3 is 23.8 Å². The first-order chi connectivity index (χ1) is 27.6. The molecule has 0 spiro atoms. The van der Waals surface area contributed by atoms with E-state index in [1.165, 1.54) is 77.0 Å². The van der Waals surface area contributed by atoms with E-state index in [4.69, 9.17) is 14.2 Å². The van der Waals surface area contributed by atoms with E-state index in [1.807, 2.05) is 21.1 Å². The molecule has 1 N–H and O–H groups in total. The van der Waals surface area contributed by atoms with Crippen molar-refractivity contribution in [3.05, 3.63) is 60.8 Å². The largest absolute Gasteiger partial charge is 0.477 e. The first-order valence-corrected chi connectivity index (χ1v) is 22.8. The molecule has 2 unspecified atom stereocenters. The maximum absolute atomic E-state index is 12.7. The number of hydrogen-bond acceptors (Lipinski definition) is 6. The highest BCUT2D eigenvalue weighted by atomic mass is 16.6. The molecule has 0 aromatic rings. The van der Waals surface area contributed by atoms with E-state index >= 15 is 0 Å². The lowest BCUT2D eigenvalue weighted by Crippen LogP contribution is -2.50. The molecular formula is C49H86NO7+. The van der Waals surface area contributed by atoms with Gasteiger partial charge in [0, 0.05) is 19.3 Å². The molecule has 0 bridgehead atoms. The minimum absolute atomic E-state index is 0.0483. The number of allylic oxidation sites excluding steroid dienone is 10. The van der Waals surface area contributed by atoms with Gasteiger partial charge in [0.25, 0.3) is 0 Å². The molecule has 0 aliphatic carbocycles. The van der Waals surface area contributed by atoms with Gasteiger partial charge >= 0.3 is 17.9 Å². The lowest BCUT2D eigenvalue weighted by atomic mass is 10.1. The molecular weight excluding hydrogens is 715 g/mol. The number of quaternary nitrogens is 1. The molecule has 0 aliphatic rings. The first-order valence-electron chi connectivity index (χ1n) is 22.8. The number of carbonyl (C=O) groups is 3. The number of likely N-dealkylation sites (N-methyl/N-ethyl adjacent to an activating group) is 1. The second kappa shape index (κ2) is 39.8. The van der Waals surface area contributed by atoms with Crippen LogP contribution in [-0.4, -0.2) is 80.6 Å². The maximum atomic E-state index is 12.7. The molecule has 2 atom stereocenters. The Morgan fingerprint density at radius 2 is 1.00 bits per heavy atom. The molecule has 0 aromatic carbocycles. The lowest BCUT2D eigenvalue weighted by molar-refractivity contribution is -0.887. The van der Waals surface area contributed by atoms with Crippen LogP contribution < -0.4 is 0 Å². The van der Waals surface area contributed by atoms with Crippen molar-refractivity contribution >= 4 is 17.9 Å². The van der Waals surface area contributed by atoms with Gasteiger partial charge in [-0.2, -0.15) is 0 Å². The van der Waals surface area contributed by atoms with E-state index in [9.17, 15) is 19.5 Å². The summed E-state index contributed by atoms with van der Waals surface area (Å²) in [6.45, 7) is 4.61. The van der Waals surface area contributed by atoms with Crippen molar-refractivity contribution in [3.8, 4) is 0 Å². The van der Waals surface area contributed by atoms with Gasteiger partial charge in [-0.25, -0.2) is 4.79 Å². The minimum Gasteiger partial charge on any atom is -0.477 e. The van der Waals surface area contributed by atoms with E-state index < -0.39 is 18.1 Å². The average molecular weight is 801 g/mol. The lowest BCUT2D eigenvalue weighted by Gasteiger charge is -2.31. The molecule has 8 nitrogen and oxygen atoms in total. The van der Waals surface area contributed by atoms with Crippen molar-refractivity contribution in [2.75, 3.05) is 41.0 Å². The fraction of sp³-hybridized carbons (Fsp3) is 0.735. The van der Waals surface area contributed by atoms with Crippen molar-refractivity contribution < 1.29 is 38.2 Å². The van der Waals surface area contributed by atoms with Crippen LogP contribution in [0.15, 0.2) is 60.8 Å². The van der Waals surface area contributed by atoms with Gasteiger partial charge in [0.1, 0.15) is 6.61 Å². The van der Waals surface area contributed by atoms with Crippen LogP contribution in [0.5, 0.6) is 0 Å². The zero-order valence-corrected chi connectivity index (χ0v) is 37.3. The summed E-state index contributed by atoms with van der Waals surface area (Å²) in [5.74, 6) is -1.51. The van der Waals surface area contributed by atoms with Crippen LogP contribution in [0.1, 0.15) is 181 Å². The number of nitrogens with zero attached hydrogens (tertiary/aromatic N) is 1. The quantitative estimate of drug-likeness (QED) is 0.0217. The van der Waals surface area contributed by atoms with Crippen molar-refractivity contribution in [2.24, 2.45) is 0 Å². The van der Waals surface area contributed by atoms with Crippen LogP contribution in [0, 0.1) is 0 Å². The van der Waals surface area contributed by atoms with Crippen LogP contribution in [0.2, 0.25) is 0 Å². The van der Waals surface area contributed by atoms with Crippen molar-refractivity contribution in [2.45, 2.75) is 193 Å². The Bertz CT molecular complexity index is 1120. The highest BCUT2D eigenvalue weighted by molar-refractivity contribution is 5.72. The number of carbonyl (C=O) groups excluding carboxylic acids is 2. The molecule has 0 aromatic heterocycles. The Morgan fingerprint density at radius 3 is 1.54 bits per heavy atom. The summed E-state index contributed by atoms with van der Waals surface area (Å²) < 4.78 is 17.2. The van der Waals surface area contributed by atoms with E-state index in [1.54, 1.807) is 0 Å². The van der Waals surface area contributed by atoms with Crippen molar-refractivity contribution in [3.63, 3.8) is 0 Å². The number of ether oxygens (including phenoxy) is 3. The van der Waals surface area contributed by atoms with E-state index in [0.717, 1.165) is 70.6 Å². The third kappa shape index (κ3) is 38.3. The van der Waals surface area contributed by atoms with Crippen LogP contribution in [-0.2, 0) is 28.6 Å². The summed E-state index contributed by atoms with van der Waals surface area (Å²) in [7, 11) is 5.51. The van der Waals surface area contributed by atoms with Gasteiger partial charge in [0.05, 0.1) is 34.4 Å². The first kappa shape index (κ1) is 54.0. The molecule has 0 saturated carbocycles. The number of esters is 2. The third-order valence-electron chi connectivity index (χ3n) is 9.92. The summed E-state index contributed by atoms with van der Waals surface area (Å²) in [4.78, 5) is 36.9.